The van der Waals surface area contributed by atoms with Crippen molar-refractivity contribution in [3.8, 4) is 0 Å². The average Bonchev–Trinajstić information content (AvgIpc) is 1.34. The quantitative estimate of drug-likeness (QED) is 0.0443. The van der Waals surface area contributed by atoms with E-state index in [1.165, 1.54) is 0 Å². The molecule has 634 valence electrons. The first-order valence-electron chi connectivity index (χ1n) is 38.4. The zero-order chi connectivity index (χ0) is 83.3. The minimum atomic E-state index is -1.26. The zero-order valence-corrected chi connectivity index (χ0v) is 76.8. The number of hydrogen-bond acceptors (Lipinski definition) is 12. The monoisotopic (exact) mass is 2110 g/mol. The molecule has 38 heteroatoms. The van der Waals surface area contributed by atoms with E-state index in [1.807, 2.05) is 0 Å². The van der Waals surface area contributed by atoms with Gasteiger partial charge in [-0.15, -0.1) is 0 Å². The summed E-state index contributed by atoms with van der Waals surface area (Å²) in [6.07, 6.45) is 21.9. The molecule has 4 aliphatic heterocycles. The molecular formula is C80H68Cl16N4O16Rh2. The van der Waals surface area contributed by atoms with Gasteiger partial charge < -0.3 is 20.4 Å². The van der Waals surface area contributed by atoms with Crippen molar-refractivity contribution in [1.82, 2.24) is 19.6 Å². The summed E-state index contributed by atoms with van der Waals surface area (Å²) in [4.78, 5) is 160. The Morgan fingerprint density at radius 3 is 0.390 bits per heavy atom. The van der Waals surface area contributed by atoms with Crippen LogP contribution in [0.15, 0.2) is 0 Å². The smallest absolute Gasteiger partial charge is 0.327 e. The van der Waals surface area contributed by atoms with Crippen LogP contribution in [0.25, 0.3) is 0 Å². The molecule has 2 radical (unpaired) electrons. The van der Waals surface area contributed by atoms with Crippen molar-refractivity contribution in [2.45, 2.75) is 178 Å². The van der Waals surface area contributed by atoms with E-state index in [-0.39, 0.29) is 164 Å². The molecule has 118 heavy (non-hydrogen) atoms. The van der Waals surface area contributed by atoms with E-state index in [2.05, 4.69) is 0 Å². The Hall–Kier alpha value is -2.79. The number of carboxylic acids is 4. The number of rotatable bonds is 12. The first-order chi connectivity index (χ1) is 54.6. The van der Waals surface area contributed by atoms with Gasteiger partial charge >= 0.3 is 23.9 Å². The van der Waals surface area contributed by atoms with Crippen LogP contribution in [-0.4, -0.2) is 135 Å². The molecule has 16 aliphatic carbocycles. The Morgan fingerprint density at radius 1 is 0.212 bits per heavy atom. The summed E-state index contributed by atoms with van der Waals surface area (Å²) in [5.41, 5.74) is -3.72. The Kier molecular flexibility index (Phi) is 24.6. The number of benzene rings is 4. The fourth-order valence-electron chi connectivity index (χ4n) is 27.0. The van der Waals surface area contributed by atoms with E-state index in [0.29, 0.717) is 148 Å². The maximum absolute atomic E-state index is 13.3. The van der Waals surface area contributed by atoms with Gasteiger partial charge in [-0.05, 0) is 225 Å². The Labute approximate surface area is 781 Å². The Bertz CT molecular complexity index is 4280. The normalized spacial score (nSPS) is 32.8. The molecule has 0 saturated heterocycles. The van der Waals surface area contributed by atoms with Crippen LogP contribution in [0.2, 0.25) is 80.4 Å². The van der Waals surface area contributed by atoms with Gasteiger partial charge in [-0.1, -0.05) is 186 Å². The van der Waals surface area contributed by atoms with Crippen LogP contribution in [0.4, 0.5) is 0 Å². The van der Waals surface area contributed by atoms with E-state index in [1.54, 1.807) is 0 Å². The maximum atomic E-state index is 13.3. The van der Waals surface area contributed by atoms with Gasteiger partial charge in [-0.3, -0.25) is 58.0 Å². The zero-order valence-electron chi connectivity index (χ0n) is 61.4. The van der Waals surface area contributed by atoms with Crippen molar-refractivity contribution in [3.63, 3.8) is 0 Å². The third kappa shape index (κ3) is 13.8. The fraction of sp³-hybridized carbons (Fsp3) is 0.550. The number of carboxylic acid groups (broad SMARTS) is 4. The summed E-state index contributed by atoms with van der Waals surface area (Å²) in [7, 11) is 0. The molecule has 16 saturated carbocycles. The van der Waals surface area contributed by atoms with Crippen LogP contribution in [0.5, 0.6) is 0 Å². The van der Waals surface area contributed by atoms with Crippen LogP contribution in [-0.2, 0) is 58.1 Å². The van der Waals surface area contributed by atoms with Crippen LogP contribution in [0.1, 0.15) is 237 Å². The van der Waals surface area contributed by atoms with Crippen molar-refractivity contribution < 1.29 is 117 Å². The van der Waals surface area contributed by atoms with Crippen molar-refractivity contribution >= 4 is 257 Å². The molecule has 4 atom stereocenters. The van der Waals surface area contributed by atoms with Crippen molar-refractivity contribution in [3.05, 3.63) is 125 Å². The summed E-state index contributed by atoms with van der Waals surface area (Å²) >= 11 is 98.4. The van der Waals surface area contributed by atoms with E-state index in [0.717, 1.165) is 96.6 Å². The second-order valence-electron chi connectivity index (χ2n) is 36.0. The van der Waals surface area contributed by atoms with E-state index < -0.39 is 117 Å². The average molecular weight is 2110 g/mol. The van der Waals surface area contributed by atoms with Gasteiger partial charge in [0.1, 0.15) is 24.2 Å². The number of carbonyl (C=O) groups excluding carboxylic acids is 8. The van der Waals surface area contributed by atoms with Crippen molar-refractivity contribution in [1.29, 1.82) is 0 Å². The van der Waals surface area contributed by atoms with Gasteiger partial charge in [-0.25, -0.2) is 19.2 Å². The van der Waals surface area contributed by atoms with Crippen LogP contribution in [0, 0.1) is 92.7 Å². The van der Waals surface area contributed by atoms with Crippen molar-refractivity contribution in [2.24, 2.45) is 92.7 Å². The third-order valence-corrected chi connectivity index (χ3v) is 36.4. The van der Waals surface area contributed by atoms with Crippen molar-refractivity contribution in [2.75, 3.05) is 0 Å². The molecule has 4 heterocycles. The first-order valence-corrected chi connectivity index (χ1v) is 44.5. The molecule has 4 aromatic rings. The number of aliphatic carboxylic acids is 4. The minimum absolute atomic E-state index is 0. The summed E-state index contributed by atoms with van der Waals surface area (Å²) in [6, 6.07) is -5.03. The number of fused-ring (bicyclic) bond motifs is 4. The summed E-state index contributed by atoms with van der Waals surface area (Å²) < 4.78 is 0. The molecule has 16 bridgehead atoms. The molecule has 0 unspecified atom stereocenters. The first kappa shape index (κ1) is 90.0. The fourth-order valence-corrected chi connectivity index (χ4v) is 31.1. The predicted molar refractivity (Wildman–Crippen MR) is 436 cm³/mol. The van der Waals surface area contributed by atoms with E-state index in [4.69, 9.17) is 186 Å². The molecule has 16 fully saturated rings. The van der Waals surface area contributed by atoms with Gasteiger partial charge in [0.15, 0.2) is 0 Å². The molecule has 0 aromatic heterocycles. The number of hydrogen-bond donors (Lipinski definition) is 4. The third-order valence-electron chi connectivity index (χ3n) is 29.2. The SMILES string of the molecule is O=C(O)[C@@H](N1C(=O)c2c(Cl)c(Cl)c(Cl)c(Cl)c2C1=O)C12CC3CC(CC(C3)C1)C2.O=C(O)[C@@H](N1C(=O)c2c(Cl)c(Cl)c(Cl)c(Cl)c2C1=O)C12CC3CC(CC(C3)C1)C2.O=C(O)[C@@H](N1C(=O)c2c(Cl)c(Cl)c(Cl)c(Cl)c2C1=O)C12CC3CC(CC(C3)C1)C2.O=C(O)[C@@H](N1C(=O)c2c(Cl)c(Cl)c(Cl)c(Cl)c2C1=O)C12CC3CC(CC(C3)C1)C2.[Rh].[Rh]. The molecule has 4 aromatic carbocycles. The number of halogens is 16. The predicted octanol–water partition coefficient (Wildman–Crippen LogP) is 22.3. The molecule has 20 aliphatic rings. The minimum Gasteiger partial charge on any atom is -0.480 e. The largest absolute Gasteiger partial charge is 0.480 e. The number of nitrogens with zero attached hydrogens (tertiary/aromatic N) is 4. The maximum Gasteiger partial charge on any atom is 0.327 e. The van der Waals surface area contributed by atoms with Crippen LogP contribution < -0.4 is 0 Å². The standard InChI is InChI=1S/4C20H17Cl4NO4.2Rh/c4*21-12-10-11(13(22)15(24)14(12)23)18(27)25(17(10)26)16(19(28)29)20-4-7-1-8(5-20)3-9(2-7)6-20;;/h4*7-9,16H,1-6H2,(H,28,29);;/t4*7?,8?,9?,16-,20?;;/m1111../s1. The van der Waals surface area contributed by atoms with E-state index in [9.17, 15) is 78.0 Å². The van der Waals surface area contributed by atoms with Gasteiger partial charge in [-0.2, -0.15) is 0 Å². The molecule has 8 amide bonds. The van der Waals surface area contributed by atoms with E-state index >= 15 is 0 Å². The molecule has 4 N–H and O–H groups in total. The van der Waals surface area contributed by atoms with Gasteiger partial charge in [0.05, 0.1) is 125 Å². The second-order valence-corrected chi connectivity index (χ2v) is 42.1. The van der Waals surface area contributed by atoms with Crippen LogP contribution >= 0.6 is 186 Å². The van der Waals surface area contributed by atoms with Gasteiger partial charge in [0, 0.05) is 60.6 Å². The number of amides is 8. The Balaban J connectivity index is 0.000000122. The second kappa shape index (κ2) is 32.2. The summed E-state index contributed by atoms with van der Waals surface area (Å²) in [5.74, 6) is -5.38. The summed E-state index contributed by atoms with van der Waals surface area (Å²) in [5, 5.41) is 38.4. The molecule has 0 spiro atoms. The van der Waals surface area contributed by atoms with Crippen LogP contribution in [0.3, 0.4) is 0 Å². The number of imide groups is 4. The van der Waals surface area contributed by atoms with Gasteiger partial charge in [0.2, 0.25) is 0 Å². The van der Waals surface area contributed by atoms with Gasteiger partial charge in [0.25, 0.3) is 47.3 Å². The topological polar surface area (TPSA) is 299 Å². The number of carbonyl (C=O) groups is 12. The summed E-state index contributed by atoms with van der Waals surface area (Å²) in [6.45, 7) is 0. The Morgan fingerprint density at radius 2 is 0.305 bits per heavy atom. The molecule has 24 rings (SSSR count). The molecule has 20 nitrogen and oxygen atoms in total. The molecular weight excluding hydrogens is 2050 g/mol.